The van der Waals surface area contributed by atoms with E-state index < -0.39 is 0 Å². The first-order valence-electron chi connectivity index (χ1n) is 8.63. The molecule has 0 aromatic carbocycles. The highest BCUT2D eigenvalue weighted by Crippen LogP contribution is 2.35. The van der Waals surface area contributed by atoms with E-state index in [1.807, 2.05) is 25.5 Å². The molecule has 1 aliphatic rings. The van der Waals surface area contributed by atoms with E-state index in [9.17, 15) is 0 Å². The van der Waals surface area contributed by atoms with Crippen molar-refractivity contribution in [2.75, 3.05) is 20.1 Å². The van der Waals surface area contributed by atoms with Crippen molar-refractivity contribution in [1.82, 2.24) is 25.0 Å². The molecule has 24 heavy (non-hydrogen) atoms. The van der Waals surface area contributed by atoms with Crippen LogP contribution in [0.2, 0.25) is 5.15 Å². The van der Waals surface area contributed by atoms with Crippen molar-refractivity contribution in [3.63, 3.8) is 0 Å². The third-order valence-electron chi connectivity index (χ3n) is 5.00. The van der Waals surface area contributed by atoms with Crippen LogP contribution in [-0.4, -0.2) is 39.8 Å². The first kappa shape index (κ1) is 17.4. The molecule has 1 N–H and O–H groups in total. The molecule has 0 radical (unpaired) electrons. The predicted octanol–water partition coefficient (Wildman–Crippen LogP) is 2.81. The molecule has 2 aromatic heterocycles. The lowest BCUT2D eigenvalue weighted by Gasteiger charge is -2.25. The summed E-state index contributed by atoms with van der Waals surface area (Å²) in [5, 5.41) is 8.83. The van der Waals surface area contributed by atoms with Gasteiger partial charge >= 0.3 is 0 Å². The van der Waals surface area contributed by atoms with Gasteiger partial charge in [-0.3, -0.25) is 14.6 Å². The smallest absolute Gasteiger partial charge is 0.131 e. The van der Waals surface area contributed by atoms with E-state index in [2.05, 4.69) is 40.3 Å². The van der Waals surface area contributed by atoms with Crippen LogP contribution in [-0.2, 0) is 20.0 Å². The highest BCUT2D eigenvalue weighted by molar-refractivity contribution is 6.30. The molecule has 1 fully saturated rings. The summed E-state index contributed by atoms with van der Waals surface area (Å²) in [7, 11) is 4.10. The molecule has 0 saturated carbocycles. The van der Waals surface area contributed by atoms with Crippen LogP contribution in [0.4, 0.5) is 0 Å². The molecule has 0 bridgehead atoms. The van der Waals surface area contributed by atoms with Crippen LogP contribution in [0.5, 0.6) is 0 Å². The lowest BCUT2D eigenvalue weighted by atomic mass is 9.94. The number of nitrogens with one attached hydrogen (secondary N) is 1. The number of rotatable bonds is 6. The van der Waals surface area contributed by atoms with Crippen molar-refractivity contribution in [3.05, 3.63) is 46.5 Å². The van der Waals surface area contributed by atoms with E-state index in [1.165, 1.54) is 12.0 Å². The van der Waals surface area contributed by atoms with E-state index in [4.69, 9.17) is 11.6 Å². The molecule has 130 valence electrons. The fourth-order valence-corrected chi connectivity index (χ4v) is 3.97. The molecule has 2 aromatic rings. The van der Waals surface area contributed by atoms with Gasteiger partial charge in [0, 0.05) is 44.1 Å². The maximum Gasteiger partial charge on any atom is 0.131 e. The molecular weight excluding hydrogens is 322 g/mol. The zero-order valence-corrected chi connectivity index (χ0v) is 15.4. The Morgan fingerprint density at radius 1 is 1.38 bits per heavy atom. The monoisotopic (exact) mass is 347 g/mol. The fraction of sp³-hybridized carbons (Fsp3) is 0.556. The Bertz CT molecular complexity index is 670. The molecule has 5 nitrogen and oxygen atoms in total. The molecule has 0 unspecified atom stereocenters. The minimum atomic E-state index is 0.432. The summed E-state index contributed by atoms with van der Waals surface area (Å²) in [5.41, 5.74) is 3.52. The van der Waals surface area contributed by atoms with Crippen LogP contribution in [0.1, 0.15) is 36.2 Å². The van der Waals surface area contributed by atoms with Crippen molar-refractivity contribution < 1.29 is 0 Å². The number of hydrogen-bond acceptors (Lipinski definition) is 4. The zero-order chi connectivity index (χ0) is 17.1. The number of halogens is 1. The second kappa shape index (κ2) is 7.64. The molecule has 3 heterocycles. The molecule has 1 aliphatic heterocycles. The van der Waals surface area contributed by atoms with E-state index >= 15 is 0 Å². The first-order valence-corrected chi connectivity index (χ1v) is 9.00. The van der Waals surface area contributed by atoms with Gasteiger partial charge in [-0.1, -0.05) is 24.6 Å². The van der Waals surface area contributed by atoms with E-state index in [1.54, 1.807) is 4.68 Å². The van der Waals surface area contributed by atoms with Crippen molar-refractivity contribution in [2.45, 2.75) is 32.4 Å². The van der Waals surface area contributed by atoms with Gasteiger partial charge in [0.15, 0.2) is 0 Å². The third-order valence-corrected chi connectivity index (χ3v) is 5.47. The first-order chi connectivity index (χ1) is 11.6. The van der Waals surface area contributed by atoms with Crippen LogP contribution < -0.4 is 5.32 Å². The number of aryl methyl sites for hydroxylation is 2. The van der Waals surface area contributed by atoms with Gasteiger partial charge in [-0.05, 0) is 44.0 Å². The van der Waals surface area contributed by atoms with Crippen molar-refractivity contribution in [2.24, 2.45) is 13.0 Å². The number of likely N-dealkylation sites (tertiary alicyclic amines) is 1. The largest absolute Gasteiger partial charge is 0.312 e. The Balaban J connectivity index is 1.64. The second-order valence-corrected chi connectivity index (χ2v) is 6.94. The lowest BCUT2D eigenvalue weighted by Crippen LogP contribution is -2.28. The molecule has 0 spiro atoms. The minimum absolute atomic E-state index is 0.432. The average Bonchev–Trinajstić information content (AvgIpc) is 3.10. The molecule has 0 aliphatic carbocycles. The van der Waals surface area contributed by atoms with Gasteiger partial charge < -0.3 is 5.32 Å². The van der Waals surface area contributed by atoms with Gasteiger partial charge in [0.05, 0.1) is 5.69 Å². The van der Waals surface area contributed by atoms with Crippen molar-refractivity contribution >= 4 is 11.6 Å². The predicted molar refractivity (Wildman–Crippen MR) is 97.0 cm³/mol. The summed E-state index contributed by atoms with van der Waals surface area (Å²) in [6.45, 7) is 4.99. The Hall–Kier alpha value is -1.43. The van der Waals surface area contributed by atoms with Gasteiger partial charge in [-0.2, -0.15) is 5.10 Å². The quantitative estimate of drug-likeness (QED) is 0.872. The maximum absolute atomic E-state index is 6.38. The van der Waals surface area contributed by atoms with Crippen LogP contribution >= 0.6 is 11.6 Å². The molecule has 2 atom stereocenters. The minimum Gasteiger partial charge on any atom is -0.312 e. The summed E-state index contributed by atoms with van der Waals surface area (Å²) < 4.78 is 1.76. The Morgan fingerprint density at radius 2 is 2.21 bits per heavy atom. The number of aromatic nitrogens is 3. The van der Waals surface area contributed by atoms with Crippen molar-refractivity contribution in [1.29, 1.82) is 0 Å². The van der Waals surface area contributed by atoms with Gasteiger partial charge in [0.2, 0.25) is 0 Å². The van der Waals surface area contributed by atoms with Crippen LogP contribution in [0.25, 0.3) is 0 Å². The summed E-state index contributed by atoms with van der Waals surface area (Å²) in [4.78, 5) is 6.72. The highest BCUT2D eigenvalue weighted by atomic mass is 35.5. The van der Waals surface area contributed by atoms with Crippen molar-refractivity contribution in [3.8, 4) is 0 Å². The summed E-state index contributed by atoms with van der Waals surface area (Å²) in [5.74, 6) is 0.583. The van der Waals surface area contributed by atoms with Gasteiger partial charge in [-0.15, -0.1) is 0 Å². The highest BCUT2D eigenvalue weighted by Gasteiger charge is 2.32. The molecule has 3 rings (SSSR count). The summed E-state index contributed by atoms with van der Waals surface area (Å²) in [6.07, 6.45) is 5.93. The second-order valence-electron chi connectivity index (χ2n) is 6.58. The van der Waals surface area contributed by atoms with Gasteiger partial charge in [-0.25, -0.2) is 0 Å². The van der Waals surface area contributed by atoms with Crippen LogP contribution in [0.3, 0.4) is 0 Å². The topological polar surface area (TPSA) is 46.0 Å². The molecule has 6 heteroatoms. The van der Waals surface area contributed by atoms with E-state index in [0.29, 0.717) is 12.0 Å². The molecular formula is C18H26ClN5. The van der Waals surface area contributed by atoms with Crippen LogP contribution in [0, 0.1) is 5.92 Å². The molecule has 1 saturated heterocycles. The standard InChI is InChI=1S/C18H26ClN5/c1-4-16-15(18(19)24(3)22-16)12-21-11-14-7-9-23(2)17(14)13-6-5-8-20-10-13/h5-6,8,10,14,17,21H,4,7,9,11-12H2,1-3H3/t14-,17-/m0/s1. The van der Waals surface area contributed by atoms with Gasteiger partial charge in [0.1, 0.15) is 5.15 Å². The Kier molecular flexibility index (Phi) is 5.54. The third kappa shape index (κ3) is 3.48. The number of hydrogen-bond donors (Lipinski definition) is 1. The Morgan fingerprint density at radius 3 is 2.92 bits per heavy atom. The van der Waals surface area contributed by atoms with E-state index in [0.717, 1.165) is 42.5 Å². The van der Waals surface area contributed by atoms with Crippen LogP contribution in [0.15, 0.2) is 24.5 Å². The summed E-state index contributed by atoms with van der Waals surface area (Å²) >= 11 is 6.38. The van der Waals surface area contributed by atoms with Gasteiger partial charge in [0.25, 0.3) is 0 Å². The lowest BCUT2D eigenvalue weighted by molar-refractivity contribution is 0.271. The average molecular weight is 348 g/mol. The number of pyridine rings is 1. The Labute approximate surface area is 149 Å². The zero-order valence-electron chi connectivity index (χ0n) is 14.7. The SMILES string of the molecule is CCc1nn(C)c(Cl)c1CNC[C@@H]1CCN(C)[C@H]1c1cccnc1. The number of nitrogens with zero attached hydrogens (tertiary/aromatic N) is 4. The fourth-order valence-electron chi connectivity index (χ4n) is 3.76. The summed E-state index contributed by atoms with van der Waals surface area (Å²) in [6, 6.07) is 4.63. The van der Waals surface area contributed by atoms with E-state index in [-0.39, 0.29) is 0 Å². The maximum atomic E-state index is 6.38. The molecule has 0 amide bonds. The normalized spacial score (nSPS) is 21.5.